The largest absolute Gasteiger partial charge is 0.450 e. The van der Waals surface area contributed by atoms with Crippen molar-refractivity contribution in [1.29, 1.82) is 0 Å². The van der Waals surface area contributed by atoms with Crippen LogP contribution in [-0.4, -0.2) is 78.6 Å². The summed E-state index contributed by atoms with van der Waals surface area (Å²) in [7, 11) is 0. The molecule has 1 atom stereocenters. The molecule has 2 saturated heterocycles. The summed E-state index contributed by atoms with van der Waals surface area (Å²) in [5.41, 5.74) is 0. The highest BCUT2D eigenvalue weighted by Crippen LogP contribution is 2.25. The van der Waals surface area contributed by atoms with E-state index in [1.54, 1.807) is 0 Å². The number of rotatable bonds is 5. The van der Waals surface area contributed by atoms with E-state index in [-0.39, 0.29) is 12.0 Å². The van der Waals surface area contributed by atoms with Gasteiger partial charge in [0.15, 0.2) is 0 Å². The van der Waals surface area contributed by atoms with Gasteiger partial charge in [0.1, 0.15) is 0 Å². The summed E-state index contributed by atoms with van der Waals surface area (Å²) >= 11 is 0. The van der Waals surface area contributed by atoms with E-state index in [1.165, 1.54) is 0 Å². The molecule has 0 unspecified atom stereocenters. The zero-order valence-corrected chi connectivity index (χ0v) is 15.5. The van der Waals surface area contributed by atoms with E-state index in [1.807, 2.05) is 30.6 Å². The summed E-state index contributed by atoms with van der Waals surface area (Å²) in [4.78, 5) is 30.7. The predicted molar refractivity (Wildman–Crippen MR) is 93.8 cm³/mol. The number of carbonyl (C=O) groups excluding carboxylic acids is 2. The van der Waals surface area contributed by atoms with E-state index in [0.29, 0.717) is 18.6 Å². The van der Waals surface area contributed by atoms with Crippen LogP contribution in [0.3, 0.4) is 0 Å². The minimum atomic E-state index is -0.191. The molecule has 2 rings (SSSR count). The molecule has 0 aromatic heterocycles. The Balaban J connectivity index is 1.85. The van der Waals surface area contributed by atoms with Gasteiger partial charge in [-0.3, -0.25) is 9.69 Å². The minimum Gasteiger partial charge on any atom is -0.450 e. The first-order chi connectivity index (χ1) is 11.6. The van der Waals surface area contributed by atoms with Gasteiger partial charge < -0.3 is 14.5 Å². The second-order valence-electron chi connectivity index (χ2n) is 6.76. The summed E-state index contributed by atoms with van der Waals surface area (Å²) in [6.07, 6.45) is 3.86. The van der Waals surface area contributed by atoms with Crippen molar-refractivity contribution < 1.29 is 14.3 Å². The van der Waals surface area contributed by atoms with Crippen LogP contribution in [0.15, 0.2) is 0 Å². The maximum absolute atomic E-state index is 12.6. The predicted octanol–water partition coefficient (Wildman–Crippen LogP) is 2.19. The minimum absolute atomic E-state index is 0.140. The molecule has 0 spiro atoms. The first kappa shape index (κ1) is 19.0. The van der Waals surface area contributed by atoms with Crippen molar-refractivity contribution in [3.63, 3.8) is 0 Å². The first-order valence-electron chi connectivity index (χ1n) is 9.55. The summed E-state index contributed by atoms with van der Waals surface area (Å²) in [5, 5.41) is 0. The van der Waals surface area contributed by atoms with Gasteiger partial charge in [0, 0.05) is 38.8 Å². The van der Waals surface area contributed by atoms with Gasteiger partial charge in [-0.25, -0.2) is 4.79 Å². The third-order valence-corrected chi connectivity index (χ3v) is 5.38. The van der Waals surface area contributed by atoms with Gasteiger partial charge in [-0.15, -0.1) is 0 Å². The Kier molecular flexibility index (Phi) is 7.34. The van der Waals surface area contributed by atoms with Crippen LogP contribution in [0, 0.1) is 5.92 Å². The summed E-state index contributed by atoms with van der Waals surface area (Å²) in [6.45, 7) is 11.4. The van der Waals surface area contributed by atoms with Gasteiger partial charge >= 0.3 is 6.09 Å². The molecule has 2 heterocycles. The van der Waals surface area contributed by atoms with E-state index in [0.717, 1.165) is 65.0 Å². The highest BCUT2D eigenvalue weighted by Gasteiger charge is 2.33. The number of piperidine rings is 2. The van der Waals surface area contributed by atoms with Crippen LogP contribution in [0.4, 0.5) is 4.79 Å². The van der Waals surface area contributed by atoms with Gasteiger partial charge in [-0.2, -0.15) is 0 Å². The lowest BCUT2D eigenvalue weighted by Crippen LogP contribution is -2.52. The molecule has 0 aromatic carbocycles. The molecule has 0 bridgehead atoms. The van der Waals surface area contributed by atoms with Crippen LogP contribution in [0.1, 0.15) is 46.5 Å². The quantitative estimate of drug-likeness (QED) is 0.770. The maximum atomic E-state index is 12.6. The number of carbonyl (C=O) groups is 2. The van der Waals surface area contributed by atoms with Gasteiger partial charge in [-0.1, -0.05) is 0 Å². The van der Waals surface area contributed by atoms with Gasteiger partial charge in [0.2, 0.25) is 5.91 Å². The Morgan fingerprint density at radius 1 is 1.04 bits per heavy atom. The van der Waals surface area contributed by atoms with Crippen LogP contribution in [0.25, 0.3) is 0 Å². The van der Waals surface area contributed by atoms with Crippen LogP contribution in [0.5, 0.6) is 0 Å². The molecular weight excluding hydrogens is 306 g/mol. The molecule has 0 aromatic rings. The number of hydrogen-bond acceptors (Lipinski definition) is 4. The van der Waals surface area contributed by atoms with Crippen molar-refractivity contribution in [3.05, 3.63) is 0 Å². The molecule has 2 aliphatic rings. The Labute approximate surface area is 146 Å². The van der Waals surface area contributed by atoms with Crippen molar-refractivity contribution in [2.45, 2.75) is 52.5 Å². The molecule has 2 amide bonds. The molecule has 0 saturated carbocycles. The van der Waals surface area contributed by atoms with E-state index < -0.39 is 0 Å². The SMILES string of the molecule is CCOC(=O)N1CCC(N2CCC[C@@H](C(=O)N(CC)CC)C2)CC1. The van der Waals surface area contributed by atoms with Crippen molar-refractivity contribution in [3.8, 4) is 0 Å². The third kappa shape index (κ3) is 4.62. The summed E-state index contributed by atoms with van der Waals surface area (Å²) < 4.78 is 5.08. The number of nitrogens with zero attached hydrogens (tertiary/aromatic N) is 3. The van der Waals surface area contributed by atoms with Crippen LogP contribution in [0.2, 0.25) is 0 Å². The number of amides is 2. The third-order valence-electron chi connectivity index (χ3n) is 5.38. The van der Waals surface area contributed by atoms with Crippen molar-refractivity contribution >= 4 is 12.0 Å². The standard InChI is InChI=1S/C18H33N3O3/c1-4-19(5-2)17(22)15-8-7-11-21(14-15)16-9-12-20(13-10-16)18(23)24-6-3/h15-16H,4-14H2,1-3H3/t15-/m1/s1. The Morgan fingerprint density at radius 3 is 2.29 bits per heavy atom. The van der Waals surface area contributed by atoms with Crippen molar-refractivity contribution in [1.82, 2.24) is 14.7 Å². The monoisotopic (exact) mass is 339 g/mol. The Bertz CT molecular complexity index is 418. The molecule has 0 N–H and O–H groups in total. The summed E-state index contributed by atoms with van der Waals surface area (Å²) in [6, 6.07) is 0.489. The lowest BCUT2D eigenvalue weighted by atomic mass is 9.93. The van der Waals surface area contributed by atoms with Gasteiger partial charge in [0.25, 0.3) is 0 Å². The molecule has 2 fully saturated rings. The second-order valence-corrected chi connectivity index (χ2v) is 6.76. The zero-order valence-electron chi connectivity index (χ0n) is 15.5. The molecule has 6 heteroatoms. The van der Waals surface area contributed by atoms with Gasteiger partial charge in [0.05, 0.1) is 12.5 Å². The lowest BCUT2D eigenvalue weighted by Gasteiger charge is -2.42. The molecule has 0 aliphatic carbocycles. The average Bonchev–Trinajstić information content (AvgIpc) is 2.63. The zero-order chi connectivity index (χ0) is 17.5. The topological polar surface area (TPSA) is 53.1 Å². The smallest absolute Gasteiger partial charge is 0.409 e. The number of hydrogen-bond donors (Lipinski definition) is 0. The Morgan fingerprint density at radius 2 is 1.71 bits per heavy atom. The molecule has 138 valence electrons. The van der Waals surface area contributed by atoms with Crippen LogP contribution < -0.4 is 0 Å². The fourth-order valence-corrected chi connectivity index (χ4v) is 3.96. The molecule has 6 nitrogen and oxygen atoms in total. The normalized spacial score (nSPS) is 23.1. The first-order valence-corrected chi connectivity index (χ1v) is 9.55. The van der Waals surface area contributed by atoms with Crippen molar-refractivity contribution in [2.24, 2.45) is 5.92 Å². The van der Waals surface area contributed by atoms with E-state index >= 15 is 0 Å². The highest BCUT2D eigenvalue weighted by molar-refractivity contribution is 5.79. The fraction of sp³-hybridized carbons (Fsp3) is 0.889. The van der Waals surface area contributed by atoms with Crippen molar-refractivity contribution in [2.75, 3.05) is 45.9 Å². The average molecular weight is 339 g/mol. The number of likely N-dealkylation sites (tertiary alicyclic amines) is 2. The molecule has 24 heavy (non-hydrogen) atoms. The summed E-state index contributed by atoms with van der Waals surface area (Å²) in [5.74, 6) is 0.454. The van der Waals surface area contributed by atoms with E-state index in [9.17, 15) is 9.59 Å². The Hall–Kier alpha value is -1.30. The fourth-order valence-electron chi connectivity index (χ4n) is 3.96. The van der Waals surface area contributed by atoms with Crippen LogP contribution in [-0.2, 0) is 9.53 Å². The molecule has 0 radical (unpaired) electrons. The van der Waals surface area contributed by atoms with Crippen LogP contribution >= 0.6 is 0 Å². The highest BCUT2D eigenvalue weighted by atomic mass is 16.6. The van der Waals surface area contributed by atoms with E-state index in [2.05, 4.69) is 4.90 Å². The van der Waals surface area contributed by atoms with E-state index in [4.69, 9.17) is 4.74 Å². The maximum Gasteiger partial charge on any atom is 0.409 e. The lowest BCUT2D eigenvalue weighted by molar-refractivity contribution is -0.137. The number of ether oxygens (including phenoxy) is 1. The molecule has 2 aliphatic heterocycles. The molecular formula is C18H33N3O3. The van der Waals surface area contributed by atoms with Gasteiger partial charge in [-0.05, 0) is 53.0 Å². The second kappa shape index (κ2) is 9.25.